The molecule has 2 rings (SSSR count). The molecule has 1 nitrogen and oxygen atoms in total. The lowest BCUT2D eigenvalue weighted by molar-refractivity contribution is 0.121. The largest absolute Gasteiger partial charge is 0.291 e. The molecule has 1 atom stereocenters. The Hall–Kier alpha value is -0.890. The first kappa shape index (κ1) is 12.6. The Balaban J connectivity index is 2.36. The molecule has 0 amide bonds. The van der Waals surface area contributed by atoms with Crippen LogP contribution in [0.15, 0.2) is 18.2 Å². The summed E-state index contributed by atoms with van der Waals surface area (Å²) in [5, 5.41) is 0. The maximum Gasteiger partial charge on any atom is 0.126 e. The first-order chi connectivity index (χ1) is 7.91. The van der Waals surface area contributed by atoms with Crippen molar-refractivity contribution < 1.29 is 4.39 Å². The third-order valence-electron chi connectivity index (χ3n) is 3.78. The summed E-state index contributed by atoms with van der Waals surface area (Å²) in [6, 6.07) is 5.84. The van der Waals surface area contributed by atoms with E-state index in [9.17, 15) is 4.39 Å². The van der Waals surface area contributed by atoms with Gasteiger partial charge in [0.2, 0.25) is 0 Å². The lowest BCUT2D eigenvalue weighted by Crippen LogP contribution is -2.40. The fourth-order valence-electron chi connectivity index (χ4n) is 2.88. The minimum absolute atomic E-state index is 0.0803. The van der Waals surface area contributed by atoms with Gasteiger partial charge in [0.05, 0.1) is 0 Å². The average molecular weight is 235 g/mol. The van der Waals surface area contributed by atoms with Gasteiger partial charge in [0.15, 0.2) is 0 Å². The van der Waals surface area contributed by atoms with E-state index in [1.165, 1.54) is 6.42 Å². The van der Waals surface area contributed by atoms with E-state index in [2.05, 4.69) is 31.7 Å². The zero-order valence-corrected chi connectivity index (χ0v) is 11.3. The fraction of sp³-hybridized carbons (Fsp3) is 0.600. The molecule has 0 bridgehead atoms. The number of likely N-dealkylation sites (tertiary alicyclic amines) is 1. The van der Waals surface area contributed by atoms with E-state index in [1.807, 2.05) is 13.0 Å². The first-order valence-corrected chi connectivity index (χ1v) is 6.43. The molecule has 0 radical (unpaired) electrons. The van der Waals surface area contributed by atoms with Crippen LogP contribution in [-0.4, -0.2) is 17.0 Å². The highest BCUT2D eigenvalue weighted by molar-refractivity contribution is 5.31. The van der Waals surface area contributed by atoms with Gasteiger partial charge in [-0.2, -0.15) is 0 Å². The van der Waals surface area contributed by atoms with Crippen LogP contribution in [0.2, 0.25) is 0 Å². The van der Waals surface area contributed by atoms with E-state index in [1.54, 1.807) is 6.07 Å². The Morgan fingerprint density at radius 2 is 2.00 bits per heavy atom. The van der Waals surface area contributed by atoms with Crippen molar-refractivity contribution in [3.63, 3.8) is 0 Å². The van der Waals surface area contributed by atoms with Crippen LogP contribution in [0.5, 0.6) is 0 Å². The topological polar surface area (TPSA) is 3.24 Å². The molecule has 94 valence electrons. The number of nitrogens with zero attached hydrogens (tertiary/aromatic N) is 1. The van der Waals surface area contributed by atoms with Gasteiger partial charge in [0, 0.05) is 11.6 Å². The van der Waals surface area contributed by atoms with Crippen LogP contribution in [0.1, 0.15) is 50.8 Å². The molecule has 1 aromatic carbocycles. The van der Waals surface area contributed by atoms with Gasteiger partial charge < -0.3 is 0 Å². The molecule has 17 heavy (non-hydrogen) atoms. The summed E-state index contributed by atoms with van der Waals surface area (Å²) in [6.07, 6.45) is 2.35. The summed E-state index contributed by atoms with van der Waals surface area (Å²) in [4.78, 5) is 2.49. The van der Waals surface area contributed by atoms with Gasteiger partial charge in [-0.3, -0.25) is 4.90 Å². The molecule has 1 aliphatic heterocycles. The zero-order chi connectivity index (χ0) is 12.6. The van der Waals surface area contributed by atoms with E-state index in [-0.39, 0.29) is 11.4 Å². The van der Waals surface area contributed by atoms with Crippen LogP contribution in [0.3, 0.4) is 0 Å². The quantitative estimate of drug-likeness (QED) is 0.709. The predicted molar refractivity (Wildman–Crippen MR) is 69.6 cm³/mol. The van der Waals surface area contributed by atoms with Crippen LogP contribution in [0.25, 0.3) is 0 Å². The van der Waals surface area contributed by atoms with Crippen molar-refractivity contribution in [3.05, 3.63) is 35.1 Å². The second-order valence-corrected chi connectivity index (χ2v) is 5.98. The van der Waals surface area contributed by atoms with Gasteiger partial charge in [-0.25, -0.2) is 4.39 Å². The Kier molecular flexibility index (Phi) is 3.26. The van der Waals surface area contributed by atoms with Crippen molar-refractivity contribution >= 4 is 0 Å². The van der Waals surface area contributed by atoms with Crippen molar-refractivity contribution in [1.82, 2.24) is 4.90 Å². The highest BCUT2D eigenvalue weighted by atomic mass is 19.1. The smallest absolute Gasteiger partial charge is 0.126 e. The maximum absolute atomic E-state index is 13.6. The molecule has 0 spiro atoms. The molecular weight excluding hydrogens is 213 g/mol. The standard InChI is InChI=1S/C15H22FN/c1-11-12(7-5-8-13(11)16)14-9-6-10-17(14)15(2,3)4/h5,7-8,14H,6,9-10H2,1-4H3. The molecule has 1 fully saturated rings. The highest BCUT2D eigenvalue weighted by Crippen LogP contribution is 2.38. The number of hydrogen-bond acceptors (Lipinski definition) is 1. The lowest BCUT2D eigenvalue weighted by atomic mass is 9.96. The average Bonchev–Trinajstić information content (AvgIpc) is 2.70. The minimum Gasteiger partial charge on any atom is -0.291 e. The Labute approximate surface area is 104 Å². The second-order valence-electron chi connectivity index (χ2n) is 5.98. The molecule has 1 saturated heterocycles. The van der Waals surface area contributed by atoms with Crippen molar-refractivity contribution in [2.75, 3.05) is 6.54 Å². The van der Waals surface area contributed by atoms with E-state index in [0.29, 0.717) is 6.04 Å². The Bertz CT molecular complexity index is 406. The van der Waals surface area contributed by atoms with Crippen LogP contribution < -0.4 is 0 Å². The van der Waals surface area contributed by atoms with Crippen molar-refractivity contribution in [2.24, 2.45) is 0 Å². The van der Waals surface area contributed by atoms with E-state index in [0.717, 1.165) is 24.1 Å². The molecule has 0 aromatic heterocycles. The van der Waals surface area contributed by atoms with Gasteiger partial charge in [0.1, 0.15) is 5.82 Å². The summed E-state index contributed by atoms with van der Waals surface area (Å²) in [5.74, 6) is -0.0803. The lowest BCUT2D eigenvalue weighted by Gasteiger charge is -2.37. The van der Waals surface area contributed by atoms with Crippen LogP contribution in [0.4, 0.5) is 4.39 Å². The van der Waals surface area contributed by atoms with Crippen LogP contribution >= 0.6 is 0 Å². The van der Waals surface area contributed by atoms with Crippen LogP contribution in [0, 0.1) is 12.7 Å². The molecule has 2 heteroatoms. The van der Waals surface area contributed by atoms with Gasteiger partial charge in [-0.15, -0.1) is 0 Å². The van der Waals surface area contributed by atoms with Crippen molar-refractivity contribution in [3.8, 4) is 0 Å². The third kappa shape index (κ3) is 2.37. The minimum atomic E-state index is -0.0803. The molecule has 1 heterocycles. The number of benzene rings is 1. The summed E-state index contributed by atoms with van der Waals surface area (Å²) < 4.78 is 13.6. The number of rotatable bonds is 1. The van der Waals surface area contributed by atoms with Gasteiger partial charge in [0.25, 0.3) is 0 Å². The SMILES string of the molecule is Cc1c(F)cccc1C1CCCN1C(C)(C)C. The number of hydrogen-bond donors (Lipinski definition) is 0. The number of halogens is 1. The second kappa shape index (κ2) is 4.41. The maximum atomic E-state index is 13.6. The van der Waals surface area contributed by atoms with Crippen LogP contribution in [-0.2, 0) is 0 Å². The molecule has 1 aliphatic rings. The van der Waals surface area contributed by atoms with Crippen molar-refractivity contribution in [1.29, 1.82) is 0 Å². The van der Waals surface area contributed by atoms with Gasteiger partial charge >= 0.3 is 0 Å². The third-order valence-corrected chi connectivity index (χ3v) is 3.78. The van der Waals surface area contributed by atoms with E-state index >= 15 is 0 Å². The van der Waals surface area contributed by atoms with E-state index in [4.69, 9.17) is 0 Å². The predicted octanol–water partition coefficient (Wildman–Crippen LogP) is 4.07. The molecule has 0 saturated carbocycles. The molecule has 1 aromatic rings. The van der Waals surface area contributed by atoms with Gasteiger partial charge in [-0.1, -0.05) is 12.1 Å². The summed E-state index contributed by atoms with van der Waals surface area (Å²) in [5.41, 5.74) is 2.13. The molecule has 0 aliphatic carbocycles. The molecule has 0 N–H and O–H groups in total. The summed E-state index contributed by atoms with van der Waals surface area (Å²) >= 11 is 0. The molecular formula is C15H22FN. The van der Waals surface area contributed by atoms with Crippen molar-refractivity contribution in [2.45, 2.75) is 52.1 Å². The summed E-state index contributed by atoms with van der Waals surface area (Å²) in [6.45, 7) is 9.72. The zero-order valence-electron chi connectivity index (χ0n) is 11.3. The highest BCUT2D eigenvalue weighted by Gasteiger charge is 2.34. The fourth-order valence-corrected chi connectivity index (χ4v) is 2.88. The normalized spacial score (nSPS) is 22.1. The Morgan fingerprint density at radius 1 is 1.29 bits per heavy atom. The first-order valence-electron chi connectivity index (χ1n) is 6.43. The van der Waals surface area contributed by atoms with E-state index < -0.39 is 0 Å². The monoisotopic (exact) mass is 235 g/mol. The molecule has 1 unspecified atom stereocenters. The van der Waals surface area contributed by atoms with Gasteiger partial charge in [-0.05, 0) is 64.3 Å². The summed E-state index contributed by atoms with van der Waals surface area (Å²) in [7, 11) is 0. The Morgan fingerprint density at radius 3 is 2.65 bits per heavy atom.